The zero-order valence-electron chi connectivity index (χ0n) is 36.1. The Balaban J connectivity index is 1.67. The number of hydrogen-bond donors (Lipinski definition) is 1. The minimum absolute atomic E-state index is 0.0139. The number of hydrogen-bond acceptors (Lipinski definition) is 12. The third kappa shape index (κ3) is 10.3. The maximum Gasteiger partial charge on any atom is 0.351 e. The molecule has 3 aromatic carbocycles. The Morgan fingerprint density at radius 1 is 0.933 bits per heavy atom. The van der Waals surface area contributed by atoms with Crippen LogP contribution in [0, 0.1) is 18.3 Å². The Morgan fingerprint density at radius 2 is 1.50 bits per heavy atom. The number of aryl methyl sites for hydroxylation is 1. The smallest absolute Gasteiger partial charge is 0.351 e. The van der Waals surface area contributed by atoms with Crippen LogP contribution in [0.5, 0.6) is 11.5 Å². The lowest BCUT2D eigenvalue weighted by molar-refractivity contribution is -0.0957. The molecular formula is C44H58N7O8P. The van der Waals surface area contributed by atoms with Gasteiger partial charge in [-0.1, -0.05) is 54.6 Å². The van der Waals surface area contributed by atoms with E-state index < -0.39 is 44.4 Å². The third-order valence-electron chi connectivity index (χ3n) is 10.1. The molecule has 1 unspecified atom stereocenters. The average molecular weight is 844 g/mol. The van der Waals surface area contributed by atoms with Gasteiger partial charge < -0.3 is 43.4 Å². The number of nitriles is 1. The number of nitrogens with two attached hydrogens (primary N) is 1. The van der Waals surface area contributed by atoms with E-state index in [-0.39, 0.29) is 43.5 Å². The highest BCUT2D eigenvalue weighted by molar-refractivity contribution is 7.44. The fourth-order valence-corrected chi connectivity index (χ4v) is 8.95. The van der Waals surface area contributed by atoms with E-state index in [9.17, 15) is 10.1 Å². The van der Waals surface area contributed by atoms with Gasteiger partial charge in [-0.15, -0.1) is 0 Å². The number of aromatic nitrogens is 2. The van der Waals surface area contributed by atoms with E-state index in [0.717, 1.165) is 16.7 Å². The Kier molecular flexibility index (Phi) is 16.2. The molecule has 60 heavy (non-hydrogen) atoms. The predicted octanol–water partition coefficient (Wildman–Crippen LogP) is 6.66. The summed E-state index contributed by atoms with van der Waals surface area (Å²) in [4.78, 5) is 24.2. The first-order valence-corrected chi connectivity index (χ1v) is 21.0. The van der Waals surface area contributed by atoms with Crippen molar-refractivity contribution < 1.29 is 32.7 Å². The summed E-state index contributed by atoms with van der Waals surface area (Å²) in [6, 6.07) is 27.6. The van der Waals surface area contributed by atoms with E-state index in [0.29, 0.717) is 17.1 Å². The zero-order valence-corrected chi connectivity index (χ0v) is 37.0. The number of benzene rings is 3. The topological polar surface area (TPSA) is 168 Å². The van der Waals surface area contributed by atoms with Crippen LogP contribution in [0.2, 0.25) is 0 Å². The molecule has 5 atom stereocenters. The van der Waals surface area contributed by atoms with Crippen LogP contribution in [0.1, 0.15) is 62.6 Å². The number of methoxy groups -OCH3 is 3. The van der Waals surface area contributed by atoms with Crippen LogP contribution in [0.15, 0.2) is 94.8 Å². The van der Waals surface area contributed by atoms with E-state index in [1.54, 1.807) is 53.4 Å². The lowest BCUT2D eigenvalue weighted by atomic mass is 9.80. The lowest BCUT2D eigenvalue weighted by Gasteiger charge is -2.39. The monoisotopic (exact) mass is 843 g/mol. The average Bonchev–Trinajstić information content (AvgIpc) is 3.58. The van der Waals surface area contributed by atoms with Gasteiger partial charge in [0.25, 0.3) is 8.53 Å². The van der Waals surface area contributed by atoms with E-state index in [4.69, 9.17) is 38.5 Å². The summed E-state index contributed by atoms with van der Waals surface area (Å²) >= 11 is 0. The molecule has 15 nitrogen and oxygen atoms in total. The van der Waals surface area contributed by atoms with Gasteiger partial charge >= 0.3 is 5.69 Å². The molecule has 2 heterocycles. The first kappa shape index (κ1) is 46.2. The van der Waals surface area contributed by atoms with Crippen molar-refractivity contribution in [2.24, 2.45) is 10.7 Å². The molecular weight excluding hydrogens is 785 g/mol. The first-order valence-electron chi connectivity index (χ1n) is 19.8. The molecule has 1 fully saturated rings. The molecule has 1 aliphatic rings. The normalized spacial score (nSPS) is 18.8. The van der Waals surface area contributed by atoms with Gasteiger partial charge in [-0.2, -0.15) is 15.2 Å². The second-order valence-electron chi connectivity index (χ2n) is 15.0. The van der Waals surface area contributed by atoms with Crippen LogP contribution in [-0.4, -0.2) is 104 Å². The number of ether oxygens (including phenoxy) is 5. The van der Waals surface area contributed by atoms with Crippen LogP contribution in [0.25, 0.3) is 0 Å². The number of rotatable bonds is 19. The summed E-state index contributed by atoms with van der Waals surface area (Å²) < 4.78 is 48.5. The van der Waals surface area contributed by atoms with Crippen molar-refractivity contribution in [3.8, 4) is 17.6 Å². The van der Waals surface area contributed by atoms with E-state index >= 15 is 0 Å². The number of guanidine groups is 1. The van der Waals surface area contributed by atoms with E-state index in [1.165, 1.54) is 4.57 Å². The van der Waals surface area contributed by atoms with Crippen molar-refractivity contribution in [3.63, 3.8) is 0 Å². The van der Waals surface area contributed by atoms with Gasteiger partial charge in [0, 0.05) is 45.0 Å². The van der Waals surface area contributed by atoms with Crippen molar-refractivity contribution in [2.75, 3.05) is 48.6 Å². The SMILES string of the molecule is COc1ccc(C(OC[C@H]2O[C@@H](n3cc(C)c(N=C(N)N(C)C)nc3=O)[C@H](OC)[C@@H]2OP(OCCC#N)N(C(C)C)C(C)C)(c2ccccc2)c2ccc(OC)cc2)cc1. The van der Waals surface area contributed by atoms with Gasteiger partial charge in [0.05, 0.1) is 39.9 Å². The summed E-state index contributed by atoms with van der Waals surface area (Å²) in [7, 11) is 6.51. The van der Waals surface area contributed by atoms with Crippen LogP contribution in [0.4, 0.5) is 5.82 Å². The quantitative estimate of drug-likeness (QED) is 0.0350. The van der Waals surface area contributed by atoms with Gasteiger partial charge in [0.2, 0.25) is 0 Å². The fraction of sp³-hybridized carbons (Fsp3) is 0.455. The van der Waals surface area contributed by atoms with Crippen molar-refractivity contribution in [3.05, 3.63) is 118 Å². The van der Waals surface area contributed by atoms with E-state index in [1.807, 2.05) is 78.9 Å². The van der Waals surface area contributed by atoms with Crippen molar-refractivity contribution >= 4 is 20.3 Å². The summed E-state index contributed by atoms with van der Waals surface area (Å²) in [5, 5.41) is 9.43. The van der Waals surface area contributed by atoms with Gasteiger partial charge in [0.1, 0.15) is 35.4 Å². The molecule has 0 saturated carbocycles. The zero-order chi connectivity index (χ0) is 43.6. The van der Waals surface area contributed by atoms with Gasteiger partial charge in [0.15, 0.2) is 18.0 Å². The maximum absolute atomic E-state index is 13.9. The standard InChI is InChI=1S/C44H58N7O8P/c1-29(2)51(30(3)4)60(57-26-14-25-45)59-38-37(58-41(39(38)55-10)50-27-31(5)40(48-43(50)52)47-42(46)49(6)7)28-56-44(32-15-12-11-13-16-32,33-17-21-35(53-8)22-18-33)34-19-23-36(54-9)24-20-34/h11-13,15-24,27,29-30,37-39,41H,14,26,28H2,1-10H3,(H2,46,47,48,52)/t37-,38-,39-,41-,60?/m1/s1. The molecule has 322 valence electrons. The Hall–Kier alpha value is -4.91. The predicted molar refractivity (Wildman–Crippen MR) is 231 cm³/mol. The maximum atomic E-state index is 13.9. The minimum atomic E-state index is -1.79. The molecule has 1 aliphatic heterocycles. The molecule has 0 radical (unpaired) electrons. The number of aliphatic imine (C=N–C) groups is 1. The van der Waals surface area contributed by atoms with Crippen LogP contribution in [0.3, 0.4) is 0 Å². The second-order valence-corrected chi connectivity index (χ2v) is 16.4. The third-order valence-corrected chi connectivity index (χ3v) is 12.3. The first-order chi connectivity index (χ1) is 28.8. The summed E-state index contributed by atoms with van der Waals surface area (Å²) in [5.74, 6) is 1.76. The van der Waals surface area contributed by atoms with Crippen molar-refractivity contribution in [2.45, 2.75) is 83.3 Å². The second kappa shape index (κ2) is 21.1. The minimum Gasteiger partial charge on any atom is -0.497 e. The molecule has 0 aliphatic carbocycles. The van der Waals surface area contributed by atoms with Gasteiger partial charge in [-0.3, -0.25) is 4.57 Å². The molecule has 1 saturated heterocycles. The highest BCUT2D eigenvalue weighted by Crippen LogP contribution is 2.51. The molecule has 1 aromatic heterocycles. The Labute approximate surface area is 354 Å². The molecule has 2 N–H and O–H groups in total. The summed E-state index contributed by atoms with van der Waals surface area (Å²) in [5.41, 5.74) is 7.38. The van der Waals surface area contributed by atoms with Crippen molar-refractivity contribution in [1.82, 2.24) is 19.1 Å². The highest BCUT2D eigenvalue weighted by Gasteiger charge is 2.51. The van der Waals surface area contributed by atoms with Crippen LogP contribution >= 0.6 is 8.53 Å². The van der Waals surface area contributed by atoms with Crippen LogP contribution in [-0.2, 0) is 28.9 Å². The summed E-state index contributed by atoms with van der Waals surface area (Å²) in [6.07, 6.45) is -1.72. The van der Waals surface area contributed by atoms with Crippen molar-refractivity contribution in [1.29, 1.82) is 5.26 Å². The highest BCUT2D eigenvalue weighted by atomic mass is 31.2. The molecule has 16 heteroatoms. The molecule has 0 spiro atoms. The lowest BCUT2D eigenvalue weighted by Crippen LogP contribution is -2.43. The van der Waals surface area contributed by atoms with E-state index in [2.05, 4.69) is 48.4 Å². The van der Waals surface area contributed by atoms with Gasteiger partial charge in [-0.05, 0) is 75.6 Å². The van der Waals surface area contributed by atoms with Crippen LogP contribution < -0.4 is 20.9 Å². The molecule has 4 aromatic rings. The molecule has 0 amide bonds. The fourth-order valence-electron chi connectivity index (χ4n) is 7.19. The number of nitrogens with zero attached hydrogens (tertiary/aromatic N) is 6. The van der Waals surface area contributed by atoms with Gasteiger partial charge in [-0.25, -0.2) is 9.46 Å². The summed E-state index contributed by atoms with van der Waals surface area (Å²) in [6.45, 7) is 10.2. The molecule has 5 rings (SSSR count). The Morgan fingerprint density at radius 3 is 2.00 bits per heavy atom. The largest absolute Gasteiger partial charge is 0.497 e. The molecule has 0 bridgehead atoms. The Bertz CT molecular complexity index is 2050.